The van der Waals surface area contributed by atoms with Gasteiger partial charge in [-0.25, -0.2) is 9.37 Å². The molecule has 0 fully saturated rings. The Balaban J connectivity index is 2.68. The zero-order valence-corrected chi connectivity index (χ0v) is 10.4. The number of nitro benzene ring substituents is 1. The van der Waals surface area contributed by atoms with E-state index in [9.17, 15) is 14.5 Å². The van der Waals surface area contributed by atoms with Crippen LogP contribution in [-0.4, -0.2) is 17.0 Å². The maximum absolute atomic E-state index is 13.4. The van der Waals surface area contributed by atoms with Gasteiger partial charge < -0.3 is 4.74 Å². The molecule has 0 unspecified atom stereocenters. The van der Waals surface area contributed by atoms with E-state index in [4.69, 9.17) is 4.74 Å². The molecule has 98 valence electrons. The van der Waals surface area contributed by atoms with Gasteiger partial charge in [-0.15, -0.1) is 0 Å². The highest BCUT2D eigenvalue weighted by Crippen LogP contribution is 2.34. The quantitative estimate of drug-likeness (QED) is 0.629. The molecule has 2 rings (SSSR count). The first kappa shape index (κ1) is 12.9. The lowest BCUT2D eigenvalue weighted by Gasteiger charge is -2.07. The molecule has 0 amide bonds. The van der Waals surface area contributed by atoms with Crippen molar-refractivity contribution in [3.05, 3.63) is 52.0 Å². The molecule has 1 aromatic heterocycles. The van der Waals surface area contributed by atoms with Crippen molar-refractivity contribution >= 4 is 5.69 Å². The van der Waals surface area contributed by atoms with Crippen LogP contribution in [0.4, 0.5) is 10.1 Å². The fraction of sp³-hybridized carbons (Fsp3) is 0.154. The SMILES string of the molecule is COc1cc(-c2ccc(F)c(C)c2[N+](=O)[O-])ccn1. The maximum Gasteiger partial charge on any atom is 0.282 e. The summed E-state index contributed by atoms with van der Waals surface area (Å²) in [5, 5.41) is 11.1. The molecule has 5 nitrogen and oxygen atoms in total. The number of methoxy groups -OCH3 is 1. The van der Waals surface area contributed by atoms with E-state index in [-0.39, 0.29) is 11.3 Å². The molecule has 0 aliphatic rings. The molecule has 0 N–H and O–H groups in total. The Morgan fingerprint density at radius 3 is 2.74 bits per heavy atom. The molecule has 1 aromatic carbocycles. The van der Waals surface area contributed by atoms with Crippen LogP contribution in [0.1, 0.15) is 5.56 Å². The molecule has 0 aliphatic heterocycles. The zero-order chi connectivity index (χ0) is 14.0. The van der Waals surface area contributed by atoms with Crippen LogP contribution >= 0.6 is 0 Å². The zero-order valence-electron chi connectivity index (χ0n) is 10.4. The number of nitro groups is 1. The number of hydrogen-bond acceptors (Lipinski definition) is 4. The predicted octanol–water partition coefficient (Wildman–Crippen LogP) is 3.11. The lowest BCUT2D eigenvalue weighted by Crippen LogP contribution is -1.98. The van der Waals surface area contributed by atoms with Gasteiger partial charge >= 0.3 is 0 Å². The smallest absolute Gasteiger partial charge is 0.282 e. The number of aromatic nitrogens is 1. The first-order valence-corrected chi connectivity index (χ1v) is 5.48. The van der Waals surface area contributed by atoms with Gasteiger partial charge in [0.2, 0.25) is 5.88 Å². The number of hydrogen-bond donors (Lipinski definition) is 0. The molecule has 0 saturated carbocycles. The average molecular weight is 262 g/mol. The van der Waals surface area contributed by atoms with E-state index >= 15 is 0 Å². The number of rotatable bonds is 3. The molecular weight excluding hydrogens is 251 g/mol. The van der Waals surface area contributed by atoms with E-state index in [1.54, 1.807) is 12.1 Å². The molecule has 0 atom stereocenters. The second-order valence-corrected chi connectivity index (χ2v) is 3.91. The van der Waals surface area contributed by atoms with Gasteiger partial charge in [0.1, 0.15) is 5.82 Å². The molecular formula is C13H11FN2O3. The Bertz CT molecular complexity index is 644. The van der Waals surface area contributed by atoms with Crippen LogP contribution in [0, 0.1) is 22.9 Å². The van der Waals surface area contributed by atoms with E-state index in [2.05, 4.69) is 4.98 Å². The van der Waals surface area contributed by atoms with Crippen LogP contribution in [0.5, 0.6) is 5.88 Å². The van der Waals surface area contributed by atoms with E-state index in [0.29, 0.717) is 17.0 Å². The highest BCUT2D eigenvalue weighted by molar-refractivity contribution is 5.75. The molecule has 0 spiro atoms. The molecule has 19 heavy (non-hydrogen) atoms. The third kappa shape index (κ3) is 2.37. The van der Waals surface area contributed by atoms with Crippen molar-refractivity contribution in [3.8, 4) is 17.0 Å². The summed E-state index contributed by atoms with van der Waals surface area (Å²) in [6.07, 6.45) is 1.48. The van der Waals surface area contributed by atoms with Crippen LogP contribution < -0.4 is 4.74 Å². The Labute approximate surface area is 108 Å². The lowest BCUT2D eigenvalue weighted by molar-refractivity contribution is -0.384. The number of benzene rings is 1. The van der Waals surface area contributed by atoms with Crippen LogP contribution in [0.2, 0.25) is 0 Å². The van der Waals surface area contributed by atoms with Gasteiger partial charge in [-0.1, -0.05) is 0 Å². The van der Waals surface area contributed by atoms with Gasteiger partial charge in [-0.2, -0.15) is 0 Å². The largest absolute Gasteiger partial charge is 0.481 e. The predicted molar refractivity (Wildman–Crippen MR) is 67.6 cm³/mol. The molecule has 6 heteroatoms. The summed E-state index contributed by atoms with van der Waals surface area (Å²) in [6, 6.07) is 5.78. The summed E-state index contributed by atoms with van der Waals surface area (Å²) in [5.41, 5.74) is 0.665. The van der Waals surface area contributed by atoms with Crippen LogP contribution in [0.15, 0.2) is 30.5 Å². The summed E-state index contributed by atoms with van der Waals surface area (Å²) >= 11 is 0. The Kier molecular flexibility index (Phi) is 3.41. The lowest BCUT2D eigenvalue weighted by atomic mass is 10.0. The molecule has 0 aliphatic carbocycles. The topological polar surface area (TPSA) is 65.3 Å². The van der Waals surface area contributed by atoms with Gasteiger partial charge in [0.25, 0.3) is 5.69 Å². The highest BCUT2D eigenvalue weighted by atomic mass is 19.1. The van der Waals surface area contributed by atoms with Crippen LogP contribution in [0.25, 0.3) is 11.1 Å². The Hall–Kier alpha value is -2.50. The van der Waals surface area contributed by atoms with E-state index < -0.39 is 10.7 Å². The summed E-state index contributed by atoms with van der Waals surface area (Å²) in [6.45, 7) is 1.38. The molecule has 0 radical (unpaired) electrons. The van der Waals surface area contributed by atoms with E-state index in [1.807, 2.05) is 0 Å². The minimum Gasteiger partial charge on any atom is -0.481 e. The van der Waals surface area contributed by atoms with Gasteiger partial charge in [0, 0.05) is 12.3 Å². The van der Waals surface area contributed by atoms with Crippen molar-refractivity contribution < 1.29 is 14.1 Å². The highest BCUT2D eigenvalue weighted by Gasteiger charge is 2.21. The summed E-state index contributed by atoms with van der Waals surface area (Å²) < 4.78 is 18.4. The van der Waals surface area contributed by atoms with Gasteiger partial charge in [0.05, 0.1) is 23.2 Å². The van der Waals surface area contributed by atoms with Crippen LogP contribution in [-0.2, 0) is 0 Å². The van der Waals surface area contributed by atoms with Gasteiger partial charge in [-0.3, -0.25) is 10.1 Å². The van der Waals surface area contributed by atoms with E-state index in [0.717, 1.165) is 0 Å². The van der Waals surface area contributed by atoms with Crippen molar-refractivity contribution in [2.24, 2.45) is 0 Å². The van der Waals surface area contributed by atoms with Gasteiger partial charge in [-0.05, 0) is 30.7 Å². The molecule has 1 heterocycles. The summed E-state index contributed by atoms with van der Waals surface area (Å²) in [4.78, 5) is 14.5. The third-order valence-electron chi connectivity index (χ3n) is 2.80. The average Bonchev–Trinajstić information content (AvgIpc) is 2.41. The number of pyridine rings is 1. The first-order chi connectivity index (χ1) is 9.04. The summed E-state index contributed by atoms with van der Waals surface area (Å²) in [7, 11) is 1.45. The number of halogens is 1. The first-order valence-electron chi connectivity index (χ1n) is 5.48. The second kappa shape index (κ2) is 5.01. The van der Waals surface area contributed by atoms with E-state index in [1.165, 1.54) is 32.4 Å². The maximum atomic E-state index is 13.4. The monoisotopic (exact) mass is 262 g/mol. The molecule has 0 saturated heterocycles. The minimum absolute atomic E-state index is 0.0123. The van der Waals surface area contributed by atoms with Crippen molar-refractivity contribution in [1.82, 2.24) is 4.98 Å². The number of ether oxygens (including phenoxy) is 1. The van der Waals surface area contributed by atoms with Crippen LogP contribution in [0.3, 0.4) is 0 Å². The Morgan fingerprint density at radius 1 is 1.37 bits per heavy atom. The normalized spacial score (nSPS) is 10.3. The van der Waals surface area contributed by atoms with Crippen molar-refractivity contribution in [2.75, 3.05) is 7.11 Å². The van der Waals surface area contributed by atoms with Gasteiger partial charge in [0.15, 0.2) is 0 Å². The Morgan fingerprint density at radius 2 is 2.11 bits per heavy atom. The van der Waals surface area contributed by atoms with Crippen molar-refractivity contribution in [1.29, 1.82) is 0 Å². The van der Waals surface area contributed by atoms with Crippen molar-refractivity contribution in [3.63, 3.8) is 0 Å². The molecule has 0 bridgehead atoms. The fourth-order valence-electron chi connectivity index (χ4n) is 1.83. The number of nitrogens with zero attached hydrogens (tertiary/aromatic N) is 2. The minimum atomic E-state index is -0.600. The summed E-state index contributed by atoms with van der Waals surface area (Å²) in [5.74, 6) is -0.259. The van der Waals surface area contributed by atoms with Crippen molar-refractivity contribution in [2.45, 2.75) is 6.92 Å². The fourth-order valence-corrected chi connectivity index (χ4v) is 1.83. The third-order valence-corrected chi connectivity index (χ3v) is 2.80. The molecule has 2 aromatic rings. The standard InChI is InChI=1S/C13H11FN2O3/c1-8-11(14)4-3-10(13(8)16(17)18)9-5-6-15-12(7-9)19-2/h3-7H,1-2H3. The second-order valence-electron chi connectivity index (χ2n) is 3.91.